The molecule has 2 aliphatic heterocycles. The summed E-state index contributed by atoms with van der Waals surface area (Å²) in [6.45, 7) is 5.85. The monoisotopic (exact) mass is 519 g/mol. The average molecular weight is 520 g/mol. The molecule has 0 radical (unpaired) electrons. The molecule has 2 saturated heterocycles. The van der Waals surface area contributed by atoms with Gasteiger partial charge in [0.25, 0.3) is 0 Å². The Bertz CT molecular complexity index is 1350. The van der Waals surface area contributed by atoms with E-state index in [1.54, 1.807) is 18.3 Å². The lowest BCUT2D eigenvalue weighted by atomic mass is 10.1. The Hall–Kier alpha value is -2.83. The number of halogens is 3. The lowest BCUT2D eigenvalue weighted by Gasteiger charge is -2.24. The molecule has 1 saturated carbocycles. The minimum atomic E-state index is -4.59. The van der Waals surface area contributed by atoms with Crippen LogP contribution in [0.25, 0.3) is 21.5 Å². The van der Waals surface area contributed by atoms with E-state index in [4.69, 9.17) is 4.74 Å². The highest BCUT2D eigenvalue weighted by atomic mass is 32.1. The number of carbonyl (C=O) groups excluding carboxylic acids is 2. The summed E-state index contributed by atoms with van der Waals surface area (Å²) < 4.78 is 48.5. The largest absolute Gasteiger partial charge is 0.435 e. The smallest absolute Gasteiger partial charge is 0.374 e. The minimum Gasteiger partial charge on any atom is -0.374 e. The molecular weight excluding hydrogens is 495 g/mol. The number of hydrogen-bond acceptors (Lipinski definition) is 7. The third kappa shape index (κ3) is 3.73. The van der Waals surface area contributed by atoms with E-state index in [1.165, 1.54) is 20.9 Å². The number of ether oxygens (including phenoxy) is 1. The average Bonchev–Trinajstić information content (AvgIpc) is 3.19. The fourth-order valence-corrected chi connectivity index (χ4v) is 6.55. The van der Waals surface area contributed by atoms with Crippen LogP contribution in [0.3, 0.4) is 0 Å². The van der Waals surface area contributed by atoms with E-state index in [0.717, 1.165) is 10.9 Å². The topological polar surface area (TPSA) is 89.3 Å². The lowest BCUT2D eigenvalue weighted by molar-refractivity contribution is -0.144. The fourth-order valence-electron chi connectivity index (χ4n) is 5.42. The number of amides is 2. The molecule has 3 atom stereocenters. The van der Waals surface area contributed by atoms with Crippen molar-refractivity contribution in [1.82, 2.24) is 25.0 Å². The standard InChI is InChI=1S/C24H24F3N5O3S/c1-23(2)18-19(23)22(34)31(21(18)33)11-13-7-15-20(36-13)14(3-4-29-15)16-8-17(24(25,26)27)30-32(16)10-12-9-28-5-6-35-12/h3-4,7-8,12,18-19,28H,5-6,9-11H2,1-2H3. The number of nitrogens with zero attached hydrogens (tertiary/aromatic N) is 4. The predicted octanol–water partition coefficient (Wildman–Crippen LogP) is 3.31. The highest BCUT2D eigenvalue weighted by molar-refractivity contribution is 7.19. The van der Waals surface area contributed by atoms with E-state index in [9.17, 15) is 22.8 Å². The highest BCUT2D eigenvalue weighted by Crippen LogP contribution is 2.63. The first kappa shape index (κ1) is 23.6. The zero-order valence-corrected chi connectivity index (χ0v) is 20.4. The van der Waals surface area contributed by atoms with Crippen LogP contribution in [0.1, 0.15) is 24.4 Å². The summed E-state index contributed by atoms with van der Waals surface area (Å²) in [7, 11) is 0. The van der Waals surface area contributed by atoms with Crippen LogP contribution in [0.15, 0.2) is 24.4 Å². The van der Waals surface area contributed by atoms with Gasteiger partial charge in [-0.25, -0.2) is 0 Å². The Kier molecular flexibility index (Phi) is 5.29. The van der Waals surface area contributed by atoms with Gasteiger partial charge in [0.05, 0.1) is 53.5 Å². The van der Waals surface area contributed by atoms with E-state index in [1.807, 2.05) is 13.8 Å². The number of imide groups is 1. The van der Waals surface area contributed by atoms with Gasteiger partial charge in [0.1, 0.15) is 0 Å². The summed E-state index contributed by atoms with van der Waals surface area (Å²) in [5, 5.41) is 7.05. The van der Waals surface area contributed by atoms with Crippen LogP contribution in [0.4, 0.5) is 13.2 Å². The minimum absolute atomic E-state index is 0.135. The molecule has 1 N–H and O–H groups in total. The van der Waals surface area contributed by atoms with Crippen molar-refractivity contribution in [2.24, 2.45) is 17.3 Å². The van der Waals surface area contributed by atoms with Crippen LogP contribution in [0, 0.1) is 17.3 Å². The maximum Gasteiger partial charge on any atom is 0.435 e. The molecule has 8 nitrogen and oxygen atoms in total. The van der Waals surface area contributed by atoms with Gasteiger partial charge in [0.2, 0.25) is 11.8 Å². The number of piperidine rings is 1. The Balaban J connectivity index is 1.34. The Labute approximate surface area is 208 Å². The van der Waals surface area contributed by atoms with E-state index in [-0.39, 0.29) is 48.3 Å². The van der Waals surface area contributed by atoms with Crippen molar-refractivity contribution in [3.05, 3.63) is 35.0 Å². The van der Waals surface area contributed by atoms with Crippen LogP contribution >= 0.6 is 11.3 Å². The molecule has 3 aliphatic rings. The maximum atomic E-state index is 13.6. The molecule has 1 aliphatic carbocycles. The number of hydrogen-bond donors (Lipinski definition) is 1. The molecule has 6 rings (SSSR count). The normalized spacial score (nSPS) is 25.6. The molecule has 5 heterocycles. The summed E-state index contributed by atoms with van der Waals surface area (Å²) in [5.74, 6) is -0.844. The number of fused-ring (bicyclic) bond motifs is 2. The molecule has 2 amide bonds. The van der Waals surface area contributed by atoms with Crippen LogP contribution in [-0.2, 0) is 33.6 Å². The van der Waals surface area contributed by atoms with E-state index >= 15 is 0 Å². The molecule has 3 unspecified atom stereocenters. The van der Waals surface area contributed by atoms with E-state index < -0.39 is 11.9 Å². The number of likely N-dealkylation sites (tertiary alicyclic amines) is 1. The molecule has 3 fully saturated rings. The maximum absolute atomic E-state index is 13.6. The Morgan fingerprint density at radius 2 is 1.97 bits per heavy atom. The second kappa shape index (κ2) is 8.09. The molecule has 36 heavy (non-hydrogen) atoms. The van der Waals surface area contributed by atoms with Crippen molar-refractivity contribution in [3.63, 3.8) is 0 Å². The van der Waals surface area contributed by atoms with Gasteiger partial charge in [-0.2, -0.15) is 18.3 Å². The van der Waals surface area contributed by atoms with Crippen molar-refractivity contribution in [2.75, 3.05) is 19.7 Å². The van der Waals surface area contributed by atoms with E-state index in [0.29, 0.717) is 41.2 Å². The highest BCUT2D eigenvalue weighted by Gasteiger charge is 2.72. The number of aromatic nitrogens is 3. The third-order valence-electron chi connectivity index (χ3n) is 7.40. The van der Waals surface area contributed by atoms with Crippen molar-refractivity contribution in [3.8, 4) is 11.3 Å². The van der Waals surface area contributed by atoms with Gasteiger partial charge in [0, 0.05) is 29.7 Å². The third-order valence-corrected chi connectivity index (χ3v) is 8.54. The Morgan fingerprint density at radius 1 is 1.22 bits per heavy atom. The van der Waals surface area contributed by atoms with Crippen molar-refractivity contribution in [2.45, 2.75) is 39.2 Å². The van der Waals surface area contributed by atoms with Gasteiger partial charge in [-0.05, 0) is 23.6 Å². The second-order valence-corrected chi connectivity index (χ2v) is 11.3. The zero-order chi connectivity index (χ0) is 25.4. The SMILES string of the molecule is CC1(C)C2C(=O)N(Cc3cc4nccc(-c5cc(C(F)(F)F)nn5CC5CNCCO5)c4s3)C(=O)C21. The summed E-state index contributed by atoms with van der Waals surface area (Å²) in [6, 6.07) is 4.51. The second-order valence-electron chi connectivity index (χ2n) is 10.1. The van der Waals surface area contributed by atoms with Crippen LogP contribution < -0.4 is 5.32 Å². The number of pyridine rings is 1. The van der Waals surface area contributed by atoms with Gasteiger partial charge in [-0.3, -0.25) is 24.2 Å². The summed E-state index contributed by atoms with van der Waals surface area (Å²) in [5.41, 5.74) is 0.206. The number of morpholine rings is 1. The molecule has 3 aromatic rings. The molecule has 12 heteroatoms. The quantitative estimate of drug-likeness (QED) is 0.521. The van der Waals surface area contributed by atoms with Gasteiger partial charge in [-0.15, -0.1) is 11.3 Å². The van der Waals surface area contributed by atoms with E-state index in [2.05, 4.69) is 15.4 Å². The van der Waals surface area contributed by atoms with Gasteiger partial charge < -0.3 is 10.1 Å². The summed E-state index contributed by atoms with van der Waals surface area (Å²) >= 11 is 1.32. The van der Waals surface area contributed by atoms with Gasteiger partial charge in [0.15, 0.2) is 5.69 Å². The Morgan fingerprint density at radius 3 is 2.64 bits per heavy atom. The number of nitrogens with one attached hydrogen (secondary N) is 1. The zero-order valence-electron chi connectivity index (χ0n) is 19.6. The molecule has 190 valence electrons. The van der Waals surface area contributed by atoms with Crippen LogP contribution in [0.5, 0.6) is 0 Å². The first-order valence-corrected chi connectivity index (χ1v) is 12.6. The first-order chi connectivity index (χ1) is 17.1. The molecule has 0 bridgehead atoms. The molecule has 3 aromatic heterocycles. The van der Waals surface area contributed by atoms with Gasteiger partial charge >= 0.3 is 6.18 Å². The number of alkyl halides is 3. The summed E-state index contributed by atoms with van der Waals surface area (Å²) in [4.78, 5) is 32.0. The fraction of sp³-hybridized carbons (Fsp3) is 0.500. The van der Waals surface area contributed by atoms with Crippen LogP contribution in [0.2, 0.25) is 0 Å². The van der Waals surface area contributed by atoms with Crippen LogP contribution in [-0.4, -0.2) is 57.3 Å². The number of rotatable bonds is 5. The number of thiophene rings is 1. The predicted molar refractivity (Wildman–Crippen MR) is 125 cm³/mol. The molecular formula is C24H24F3N5O3S. The molecule has 0 spiro atoms. The number of carbonyl (C=O) groups is 2. The summed E-state index contributed by atoms with van der Waals surface area (Å²) in [6.07, 6.45) is -3.36. The molecule has 0 aromatic carbocycles. The van der Waals surface area contributed by atoms with Gasteiger partial charge in [-0.1, -0.05) is 13.8 Å². The van der Waals surface area contributed by atoms with Crippen molar-refractivity contribution in [1.29, 1.82) is 0 Å². The van der Waals surface area contributed by atoms with Crippen molar-refractivity contribution >= 4 is 33.4 Å². The lowest BCUT2D eigenvalue weighted by Crippen LogP contribution is -2.41. The first-order valence-electron chi connectivity index (χ1n) is 11.8. The van der Waals surface area contributed by atoms with Crippen molar-refractivity contribution < 1.29 is 27.5 Å².